The van der Waals surface area contributed by atoms with E-state index < -0.39 is 28.8 Å². The first-order chi connectivity index (χ1) is 12.3. The van der Waals surface area contributed by atoms with Crippen LogP contribution in [0, 0.1) is 13.8 Å². The van der Waals surface area contributed by atoms with Gasteiger partial charge in [-0.1, -0.05) is 23.7 Å². The van der Waals surface area contributed by atoms with Crippen molar-refractivity contribution < 1.29 is 10.2 Å². The number of rotatable bonds is 3. The third-order valence-corrected chi connectivity index (χ3v) is 4.14. The van der Waals surface area contributed by atoms with E-state index in [1.807, 2.05) is 0 Å². The summed E-state index contributed by atoms with van der Waals surface area (Å²) >= 11 is 5.92. The molecule has 26 heavy (non-hydrogen) atoms. The zero-order valence-corrected chi connectivity index (χ0v) is 14.6. The van der Waals surface area contributed by atoms with Gasteiger partial charge in [-0.25, -0.2) is 9.97 Å². The molecule has 2 heterocycles. The molecule has 134 valence electrons. The van der Waals surface area contributed by atoms with Crippen LogP contribution >= 0.6 is 11.6 Å². The number of nitrogens with one attached hydrogen (secondary N) is 2. The van der Waals surface area contributed by atoms with E-state index >= 15 is 0 Å². The molecule has 0 saturated carbocycles. The Kier molecular flexibility index (Phi) is 4.52. The fourth-order valence-electron chi connectivity index (χ4n) is 2.81. The maximum Gasteiger partial charge on any atom is 0.258 e. The van der Waals surface area contributed by atoms with Gasteiger partial charge < -0.3 is 20.2 Å². The van der Waals surface area contributed by atoms with Crippen molar-refractivity contribution in [2.45, 2.75) is 19.8 Å². The molecular formula is C17H15ClN4O4. The first-order valence-corrected chi connectivity index (χ1v) is 8.00. The van der Waals surface area contributed by atoms with Gasteiger partial charge in [0.05, 0.1) is 17.0 Å². The number of aromatic amines is 2. The van der Waals surface area contributed by atoms with Gasteiger partial charge in [0.15, 0.2) is 0 Å². The van der Waals surface area contributed by atoms with Crippen LogP contribution in [0.15, 0.2) is 33.9 Å². The monoisotopic (exact) mass is 374 g/mol. The van der Waals surface area contributed by atoms with E-state index in [2.05, 4.69) is 19.9 Å². The Bertz CT molecular complexity index is 1020. The minimum Gasteiger partial charge on any atom is -0.493 e. The molecule has 0 aliphatic rings. The van der Waals surface area contributed by atoms with Crippen LogP contribution in [0.4, 0.5) is 0 Å². The molecule has 1 aromatic carbocycles. The maximum atomic E-state index is 12.5. The molecule has 0 aliphatic carbocycles. The summed E-state index contributed by atoms with van der Waals surface area (Å²) in [4.78, 5) is 37.7. The third-order valence-electron chi connectivity index (χ3n) is 3.89. The summed E-state index contributed by atoms with van der Waals surface area (Å²) < 4.78 is 0. The molecule has 0 unspecified atom stereocenters. The Balaban J connectivity index is 2.38. The van der Waals surface area contributed by atoms with Gasteiger partial charge in [0.1, 0.15) is 11.6 Å². The van der Waals surface area contributed by atoms with Gasteiger partial charge in [0.25, 0.3) is 11.1 Å². The lowest BCUT2D eigenvalue weighted by Gasteiger charge is -2.18. The number of halogens is 1. The number of aromatic hydroxyl groups is 2. The minimum absolute atomic E-state index is 0.177. The number of aryl methyl sites for hydroxylation is 2. The van der Waals surface area contributed by atoms with Crippen molar-refractivity contribution in [3.63, 3.8) is 0 Å². The van der Waals surface area contributed by atoms with E-state index in [1.165, 1.54) is 13.8 Å². The van der Waals surface area contributed by atoms with Crippen molar-refractivity contribution in [1.82, 2.24) is 19.9 Å². The van der Waals surface area contributed by atoms with E-state index in [4.69, 9.17) is 11.6 Å². The Morgan fingerprint density at radius 1 is 0.885 bits per heavy atom. The van der Waals surface area contributed by atoms with Crippen molar-refractivity contribution in [2.75, 3.05) is 0 Å². The number of aromatic nitrogens is 4. The lowest BCUT2D eigenvalue weighted by Crippen LogP contribution is -2.26. The first kappa shape index (κ1) is 17.7. The molecule has 8 nitrogen and oxygen atoms in total. The second kappa shape index (κ2) is 6.64. The van der Waals surface area contributed by atoms with Crippen molar-refractivity contribution in [1.29, 1.82) is 0 Å². The van der Waals surface area contributed by atoms with E-state index in [0.717, 1.165) is 0 Å². The normalized spacial score (nSPS) is 11.1. The van der Waals surface area contributed by atoms with Crippen molar-refractivity contribution in [3.8, 4) is 11.8 Å². The summed E-state index contributed by atoms with van der Waals surface area (Å²) in [6, 6.07) is 6.32. The quantitative estimate of drug-likeness (QED) is 0.551. The molecule has 0 fully saturated rings. The van der Waals surface area contributed by atoms with Crippen LogP contribution in [-0.2, 0) is 0 Å². The van der Waals surface area contributed by atoms with Gasteiger partial charge in [-0.2, -0.15) is 0 Å². The molecule has 2 aromatic heterocycles. The highest BCUT2D eigenvalue weighted by atomic mass is 35.5. The van der Waals surface area contributed by atoms with E-state index in [9.17, 15) is 19.8 Å². The molecule has 4 N–H and O–H groups in total. The largest absolute Gasteiger partial charge is 0.493 e. The van der Waals surface area contributed by atoms with Gasteiger partial charge >= 0.3 is 0 Å². The van der Waals surface area contributed by atoms with Crippen LogP contribution in [0.25, 0.3) is 0 Å². The summed E-state index contributed by atoms with van der Waals surface area (Å²) in [5.41, 5.74) is -1.16. The molecule has 0 saturated heterocycles. The first-order valence-electron chi connectivity index (χ1n) is 7.63. The van der Waals surface area contributed by atoms with E-state index in [0.29, 0.717) is 10.6 Å². The van der Waals surface area contributed by atoms with Gasteiger partial charge in [-0.05, 0) is 31.5 Å². The van der Waals surface area contributed by atoms with Crippen molar-refractivity contribution in [3.05, 3.63) is 78.3 Å². The smallest absolute Gasteiger partial charge is 0.258 e. The topological polar surface area (TPSA) is 132 Å². The zero-order valence-electron chi connectivity index (χ0n) is 13.9. The number of hydrogen-bond donors (Lipinski definition) is 4. The van der Waals surface area contributed by atoms with Crippen LogP contribution in [0.2, 0.25) is 5.02 Å². The average molecular weight is 375 g/mol. The van der Waals surface area contributed by atoms with E-state index in [1.54, 1.807) is 24.3 Å². The lowest BCUT2D eigenvalue weighted by atomic mass is 9.87. The highest BCUT2D eigenvalue weighted by molar-refractivity contribution is 6.30. The zero-order chi connectivity index (χ0) is 19.0. The highest BCUT2D eigenvalue weighted by Gasteiger charge is 2.30. The van der Waals surface area contributed by atoms with Crippen LogP contribution in [0.3, 0.4) is 0 Å². The number of nitrogens with zero attached hydrogens (tertiary/aromatic N) is 2. The average Bonchev–Trinajstić information content (AvgIpc) is 2.52. The van der Waals surface area contributed by atoms with Gasteiger partial charge in [0.2, 0.25) is 11.8 Å². The van der Waals surface area contributed by atoms with Gasteiger partial charge in [0, 0.05) is 5.02 Å². The van der Waals surface area contributed by atoms with Crippen LogP contribution in [-0.4, -0.2) is 30.1 Å². The molecule has 0 atom stereocenters. The second-order valence-electron chi connectivity index (χ2n) is 5.76. The Morgan fingerprint density at radius 3 is 1.69 bits per heavy atom. The molecule has 0 radical (unpaired) electrons. The van der Waals surface area contributed by atoms with Crippen molar-refractivity contribution >= 4 is 11.6 Å². The van der Waals surface area contributed by atoms with Gasteiger partial charge in [-0.15, -0.1) is 0 Å². The van der Waals surface area contributed by atoms with Crippen molar-refractivity contribution in [2.24, 2.45) is 0 Å². The number of H-pyrrole nitrogens is 2. The standard InChI is InChI=1S/C17H15ClN4O4/c1-7-19-14(23)12(15(24)20-7)11(9-3-5-10(18)6-4-9)13-16(25)21-8(2)22-17(13)26/h3-6,11H,1-2H3,(H2,19,20,23,24)(H2,21,22,25,26). The fourth-order valence-corrected chi connectivity index (χ4v) is 2.94. The predicted octanol–water partition coefficient (Wildman–Crippen LogP) is 1.71. The Hall–Kier alpha value is -3.13. The fraction of sp³-hybridized carbons (Fsp3) is 0.176. The summed E-state index contributed by atoms with van der Waals surface area (Å²) in [5.74, 6) is -1.74. The summed E-state index contributed by atoms with van der Waals surface area (Å²) in [6.45, 7) is 3.03. The molecule has 3 aromatic rings. The molecule has 3 rings (SSSR count). The Labute approximate surface area is 152 Å². The number of hydrogen-bond acceptors (Lipinski definition) is 6. The molecule has 0 spiro atoms. The second-order valence-corrected chi connectivity index (χ2v) is 6.20. The van der Waals surface area contributed by atoms with Gasteiger partial charge in [-0.3, -0.25) is 9.59 Å². The lowest BCUT2D eigenvalue weighted by molar-refractivity contribution is 0.430. The molecule has 0 aliphatic heterocycles. The number of benzene rings is 1. The third kappa shape index (κ3) is 3.18. The minimum atomic E-state index is -1.10. The molecule has 9 heteroatoms. The summed E-state index contributed by atoms with van der Waals surface area (Å²) in [5, 5.41) is 21.0. The van der Waals surface area contributed by atoms with Crippen LogP contribution in [0.1, 0.15) is 34.3 Å². The van der Waals surface area contributed by atoms with E-state index in [-0.39, 0.29) is 22.8 Å². The summed E-state index contributed by atoms with van der Waals surface area (Å²) in [6.07, 6.45) is 0. The SMILES string of the molecule is Cc1nc(O)c(C(c2ccc(Cl)cc2)c2c(O)nc(C)[nH]c2=O)c(=O)[nH]1. The highest BCUT2D eigenvalue weighted by Crippen LogP contribution is 2.35. The maximum absolute atomic E-state index is 12.5. The Morgan fingerprint density at radius 2 is 1.31 bits per heavy atom. The molecule has 0 amide bonds. The predicted molar refractivity (Wildman–Crippen MR) is 94.9 cm³/mol. The van der Waals surface area contributed by atoms with Crippen LogP contribution < -0.4 is 11.1 Å². The van der Waals surface area contributed by atoms with Crippen LogP contribution in [0.5, 0.6) is 11.8 Å². The molecular weight excluding hydrogens is 360 g/mol. The summed E-state index contributed by atoms with van der Waals surface area (Å²) in [7, 11) is 0. The molecule has 0 bridgehead atoms.